The fourth-order valence-corrected chi connectivity index (χ4v) is 5.34. The van der Waals surface area contributed by atoms with Crippen LogP contribution in [-0.4, -0.2) is 52.9 Å². The molecular formula is C23H29N5O. The van der Waals surface area contributed by atoms with Crippen LogP contribution in [0, 0.1) is 0 Å². The maximum atomic E-state index is 13.4. The quantitative estimate of drug-likeness (QED) is 0.788. The average Bonchev–Trinajstić information content (AvgIpc) is 3.10. The van der Waals surface area contributed by atoms with E-state index in [0.717, 1.165) is 68.8 Å². The highest BCUT2D eigenvalue weighted by Gasteiger charge is 2.45. The molecule has 0 bridgehead atoms. The Labute approximate surface area is 172 Å². The number of hydrogen-bond donors (Lipinski definition) is 0. The summed E-state index contributed by atoms with van der Waals surface area (Å²) in [7, 11) is 3.95. The van der Waals surface area contributed by atoms with E-state index >= 15 is 0 Å². The molecule has 1 spiro atoms. The Kier molecular flexibility index (Phi) is 4.52. The minimum atomic E-state index is -0.0292. The van der Waals surface area contributed by atoms with Gasteiger partial charge in [0.15, 0.2) is 0 Å². The number of nitrogens with zero attached hydrogens (tertiary/aromatic N) is 5. The maximum absolute atomic E-state index is 13.4. The lowest BCUT2D eigenvalue weighted by atomic mass is 9.77. The van der Waals surface area contributed by atoms with Crippen LogP contribution in [-0.2, 0) is 24.7 Å². The molecule has 0 radical (unpaired) electrons. The summed E-state index contributed by atoms with van der Waals surface area (Å²) in [5.74, 6) is 0.882. The first-order chi connectivity index (χ1) is 14.1. The van der Waals surface area contributed by atoms with Crippen LogP contribution >= 0.6 is 0 Å². The summed E-state index contributed by atoms with van der Waals surface area (Å²) in [5, 5.41) is 0. The molecule has 6 nitrogen and oxygen atoms in total. The molecule has 0 N–H and O–H groups in total. The van der Waals surface area contributed by atoms with E-state index in [0.29, 0.717) is 0 Å². The number of pyridine rings is 1. The van der Waals surface area contributed by atoms with Crippen LogP contribution in [0.25, 0.3) is 0 Å². The largest absolute Gasteiger partial charge is 0.347 e. The Hall–Kier alpha value is -2.50. The summed E-state index contributed by atoms with van der Waals surface area (Å²) in [6.07, 6.45) is 12.4. The molecule has 2 aromatic heterocycles. The molecule has 3 aliphatic rings. The molecule has 1 fully saturated rings. The molecule has 5 rings (SSSR count). The normalized spacial score (nSPS) is 23.0. The summed E-state index contributed by atoms with van der Waals surface area (Å²) in [6, 6.07) is 2.10. The van der Waals surface area contributed by atoms with E-state index in [1.807, 2.05) is 30.1 Å². The SMILES string of the molecule is CN(C)c1ncc2c(n1)C1(CCCN(C(=O)c3cnc4c(c3)CCCC4)C1)CC2. The minimum Gasteiger partial charge on any atom is -0.347 e. The number of piperidine rings is 1. The van der Waals surface area contributed by atoms with Gasteiger partial charge in [-0.25, -0.2) is 9.97 Å². The predicted octanol–water partition coefficient (Wildman–Crippen LogP) is 2.94. The van der Waals surface area contributed by atoms with Gasteiger partial charge in [-0.3, -0.25) is 9.78 Å². The molecule has 1 aliphatic heterocycles. The molecule has 1 atom stereocenters. The monoisotopic (exact) mass is 391 g/mol. The average molecular weight is 392 g/mol. The number of anilines is 1. The fraction of sp³-hybridized carbons (Fsp3) is 0.565. The van der Waals surface area contributed by atoms with Crippen LogP contribution < -0.4 is 4.90 Å². The van der Waals surface area contributed by atoms with Crippen molar-refractivity contribution in [2.24, 2.45) is 0 Å². The van der Waals surface area contributed by atoms with Gasteiger partial charge in [0.05, 0.1) is 11.3 Å². The van der Waals surface area contributed by atoms with Gasteiger partial charge in [0.2, 0.25) is 5.95 Å². The van der Waals surface area contributed by atoms with Crippen LogP contribution in [0.3, 0.4) is 0 Å². The number of hydrogen-bond acceptors (Lipinski definition) is 5. The van der Waals surface area contributed by atoms with Gasteiger partial charge >= 0.3 is 0 Å². The van der Waals surface area contributed by atoms with Crippen molar-refractivity contribution in [3.05, 3.63) is 46.5 Å². The van der Waals surface area contributed by atoms with E-state index in [2.05, 4.69) is 16.0 Å². The van der Waals surface area contributed by atoms with Gasteiger partial charge in [0, 0.05) is 50.7 Å². The van der Waals surface area contributed by atoms with Crippen molar-refractivity contribution in [1.82, 2.24) is 19.9 Å². The van der Waals surface area contributed by atoms with Crippen LogP contribution in [0.1, 0.15) is 65.0 Å². The number of amides is 1. The summed E-state index contributed by atoms with van der Waals surface area (Å²) >= 11 is 0. The highest BCUT2D eigenvalue weighted by atomic mass is 16.2. The molecular weight excluding hydrogens is 362 g/mol. The van der Waals surface area contributed by atoms with Crippen molar-refractivity contribution in [3.8, 4) is 0 Å². The number of fused-ring (bicyclic) bond motifs is 3. The van der Waals surface area contributed by atoms with Crippen LogP contribution in [0.2, 0.25) is 0 Å². The number of aromatic nitrogens is 3. The second-order valence-corrected chi connectivity index (χ2v) is 9.09. The van der Waals surface area contributed by atoms with E-state index in [-0.39, 0.29) is 11.3 Å². The Balaban J connectivity index is 1.42. The van der Waals surface area contributed by atoms with E-state index < -0.39 is 0 Å². The van der Waals surface area contributed by atoms with Gasteiger partial charge in [-0.05, 0) is 68.6 Å². The number of rotatable bonds is 2. The smallest absolute Gasteiger partial charge is 0.255 e. The first-order valence-electron chi connectivity index (χ1n) is 10.9. The Morgan fingerprint density at radius 1 is 1.03 bits per heavy atom. The van der Waals surface area contributed by atoms with Gasteiger partial charge in [-0.15, -0.1) is 0 Å². The van der Waals surface area contributed by atoms with E-state index in [1.54, 1.807) is 6.20 Å². The second kappa shape index (κ2) is 7.08. The third-order valence-corrected chi connectivity index (χ3v) is 6.91. The van der Waals surface area contributed by atoms with Crippen LogP contribution in [0.5, 0.6) is 0 Å². The summed E-state index contributed by atoms with van der Waals surface area (Å²) in [5.41, 5.74) is 5.58. The van der Waals surface area contributed by atoms with Gasteiger partial charge < -0.3 is 9.80 Å². The Morgan fingerprint density at radius 3 is 2.76 bits per heavy atom. The lowest BCUT2D eigenvalue weighted by Gasteiger charge is -2.40. The molecule has 1 amide bonds. The predicted molar refractivity (Wildman–Crippen MR) is 112 cm³/mol. The first kappa shape index (κ1) is 18.5. The molecule has 1 unspecified atom stereocenters. The van der Waals surface area contributed by atoms with Gasteiger partial charge in [-0.1, -0.05) is 0 Å². The number of carbonyl (C=O) groups is 1. The molecule has 152 valence electrons. The molecule has 29 heavy (non-hydrogen) atoms. The van der Waals surface area contributed by atoms with E-state index in [9.17, 15) is 4.79 Å². The van der Waals surface area contributed by atoms with Crippen LogP contribution in [0.4, 0.5) is 5.95 Å². The Morgan fingerprint density at radius 2 is 1.90 bits per heavy atom. The van der Waals surface area contributed by atoms with Crippen molar-refractivity contribution < 1.29 is 4.79 Å². The summed E-state index contributed by atoms with van der Waals surface area (Å²) < 4.78 is 0. The second-order valence-electron chi connectivity index (χ2n) is 9.09. The zero-order chi connectivity index (χ0) is 20.0. The van der Waals surface area contributed by atoms with Gasteiger partial charge in [0.1, 0.15) is 0 Å². The highest BCUT2D eigenvalue weighted by molar-refractivity contribution is 5.94. The molecule has 2 aromatic rings. The minimum absolute atomic E-state index is 0.0292. The number of carbonyl (C=O) groups excluding carboxylic acids is 1. The lowest BCUT2D eigenvalue weighted by molar-refractivity contribution is 0.0633. The first-order valence-corrected chi connectivity index (χ1v) is 10.9. The molecule has 1 saturated heterocycles. The zero-order valence-corrected chi connectivity index (χ0v) is 17.4. The molecule has 3 heterocycles. The zero-order valence-electron chi connectivity index (χ0n) is 17.4. The van der Waals surface area contributed by atoms with Crippen LogP contribution in [0.15, 0.2) is 18.5 Å². The van der Waals surface area contributed by atoms with E-state index in [4.69, 9.17) is 4.98 Å². The van der Waals surface area contributed by atoms with Crippen molar-refractivity contribution >= 4 is 11.9 Å². The summed E-state index contributed by atoms with van der Waals surface area (Å²) in [6.45, 7) is 1.57. The maximum Gasteiger partial charge on any atom is 0.255 e. The highest BCUT2D eigenvalue weighted by Crippen LogP contribution is 2.44. The third kappa shape index (κ3) is 3.18. The standard InChI is InChI=1S/C23H29N5O/c1-27(2)22-25-13-17-8-10-23(20(17)26-22)9-5-11-28(15-23)21(29)18-12-16-6-3-4-7-19(16)24-14-18/h12-14H,3-11,15H2,1-2H3. The molecule has 0 saturated carbocycles. The molecule has 6 heteroatoms. The van der Waals surface area contributed by atoms with Gasteiger partial charge in [-0.2, -0.15) is 0 Å². The fourth-order valence-electron chi connectivity index (χ4n) is 5.34. The van der Waals surface area contributed by atoms with Crippen molar-refractivity contribution in [2.75, 3.05) is 32.1 Å². The Bertz CT molecular complexity index is 952. The third-order valence-electron chi connectivity index (χ3n) is 6.91. The number of aryl methyl sites for hydroxylation is 3. The molecule has 2 aliphatic carbocycles. The van der Waals surface area contributed by atoms with E-state index in [1.165, 1.54) is 29.7 Å². The summed E-state index contributed by atoms with van der Waals surface area (Å²) in [4.78, 5) is 31.4. The van der Waals surface area contributed by atoms with Crippen molar-refractivity contribution in [3.63, 3.8) is 0 Å². The molecule has 0 aromatic carbocycles. The van der Waals surface area contributed by atoms with Crippen molar-refractivity contribution in [1.29, 1.82) is 0 Å². The van der Waals surface area contributed by atoms with Crippen molar-refractivity contribution in [2.45, 2.75) is 56.8 Å². The lowest BCUT2D eigenvalue weighted by Crippen LogP contribution is -2.48. The number of likely N-dealkylation sites (tertiary alicyclic amines) is 1. The topological polar surface area (TPSA) is 62.2 Å². The van der Waals surface area contributed by atoms with Gasteiger partial charge in [0.25, 0.3) is 5.91 Å².